The molecule has 1 aliphatic carbocycles. The van der Waals surface area contributed by atoms with Crippen molar-refractivity contribution in [3.63, 3.8) is 0 Å². The Hall–Kier alpha value is -1.02. The van der Waals surface area contributed by atoms with Crippen molar-refractivity contribution in [2.24, 2.45) is 5.92 Å². The van der Waals surface area contributed by atoms with E-state index in [2.05, 4.69) is 36.5 Å². The molecule has 1 aliphatic heterocycles. The summed E-state index contributed by atoms with van der Waals surface area (Å²) in [6.07, 6.45) is 3.76. The highest BCUT2D eigenvalue weighted by molar-refractivity contribution is 5.46. The van der Waals surface area contributed by atoms with Crippen molar-refractivity contribution in [3.8, 4) is 5.75 Å². The summed E-state index contributed by atoms with van der Waals surface area (Å²) in [5, 5.41) is 3.56. The first-order valence-electron chi connectivity index (χ1n) is 6.80. The zero-order chi connectivity index (χ0) is 11.7. The Balaban J connectivity index is 1.74. The molecule has 2 aliphatic rings. The van der Waals surface area contributed by atoms with Crippen molar-refractivity contribution in [2.45, 2.75) is 31.6 Å². The van der Waals surface area contributed by atoms with Gasteiger partial charge in [0, 0.05) is 11.0 Å². The molecule has 0 saturated heterocycles. The molecule has 2 unspecified atom stereocenters. The van der Waals surface area contributed by atoms with E-state index >= 15 is 0 Å². The molecule has 0 bridgehead atoms. The highest BCUT2D eigenvalue weighted by Gasteiger charge is 2.56. The Labute approximate surface area is 103 Å². The van der Waals surface area contributed by atoms with Gasteiger partial charge in [0.05, 0.1) is 6.61 Å². The molecule has 2 heteroatoms. The van der Waals surface area contributed by atoms with Crippen LogP contribution in [0.1, 0.15) is 31.7 Å². The van der Waals surface area contributed by atoms with Crippen LogP contribution in [0, 0.1) is 5.92 Å². The lowest BCUT2D eigenvalue weighted by Crippen LogP contribution is -2.26. The molecule has 3 rings (SSSR count). The average molecular weight is 231 g/mol. The molecule has 0 amide bonds. The number of fused-ring (bicyclic) bond motifs is 2. The van der Waals surface area contributed by atoms with Gasteiger partial charge in [-0.15, -0.1) is 0 Å². The minimum Gasteiger partial charge on any atom is -0.493 e. The van der Waals surface area contributed by atoms with Gasteiger partial charge in [0.25, 0.3) is 0 Å². The summed E-state index contributed by atoms with van der Waals surface area (Å²) < 4.78 is 5.75. The van der Waals surface area contributed by atoms with Gasteiger partial charge < -0.3 is 10.1 Å². The summed E-state index contributed by atoms with van der Waals surface area (Å²) in [5.74, 6) is 1.94. The zero-order valence-electron chi connectivity index (χ0n) is 10.5. The third-order valence-electron chi connectivity index (χ3n) is 4.28. The molecule has 1 heterocycles. The number of para-hydroxylation sites is 1. The van der Waals surface area contributed by atoms with Crippen LogP contribution in [0.5, 0.6) is 5.75 Å². The van der Waals surface area contributed by atoms with Gasteiger partial charge in [-0.3, -0.25) is 0 Å². The second-order valence-corrected chi connectivity index (χ2v) is 5.36. The van der Waals surface area contributed by atoms with E-state index in [4.69, 9.17) is 4.74 Å². The van der Waals surface area contributed by atoms with Crippen LogP contribution in [0.15, 0.2) is 24.3 Å². The quantitative estimate of drug-likeness (QED) is 0.804. The minimum atomic E-state index is 0.440. The first-order chi connectivity index (χ1) is 8.37. The summed E-state index contributed by atoms with van der Waals surface area (Å²) in [6, 6.07) is 8.59. The molecule has 2 atom stereocenters. The summed E-state index contributed by atoms with van der Waals surface area (Å²) >= 11 is 0. The average Bonchev–Trinajstić information content (AvgIpc) is 3.04. The minimum absolute atomic E-state index is 0.440. The van der Waals surface area contributed by atoms with Crippen LogP contribution < -0.4 is 10.1 Å². The highest BCUT2D eigenvalue weighted by Crippen LogP contribution is 2.60. The number of hydrogen-bond acceptors (Lipinski definition) is 2. The first-order valence-corrected chi connectivity index (χ1v) is 6.80. The van der Waals surface area contributed by atoms with Crippen LogP contribution in [-0.2, 0) is 5.41 Å². The molecular formula is C15H21NO. The maximum atomic E-state index is 5.75. The van der Waals surface area contributed by atoms with Crippen molar-refractivity contribution in [2.75, 3.05) is 19.7 Å². The molecule has 0 aromatic heterocycles. The fraction of sp³-hybridized carbons (Fsp3) is 0.600. The van der Waals surface area contributed by atoms with Gasteiger partial charge in [-0.1, -0.05) is 25.1 Å². The van der Waals surface area contributed by atoms with E-state index in [1.807, 2.05) is 0 Å². The van der Waals surface area contributed by atoms with E-state index in [-0.39, 0.29) is 0 Å². The summed E-state index contributed by atoms with van der Waals surface area (Å²) in [6.45, 7) is 5.42. The number of benzene rings is 1. The van der Waals surface area contributed by atoms with Crippen molar-refractivity contribution in [1.82, 2.24) is 5.32 Å². The van der Waals surface area contributed by atoms with Gasteiger partial charge in [0.2, 0.25) is 0 Å². The predicted molar refractivity (Wildman–Crippen MR) is 69.5 cm³/mol. The van der Waals surface area contributed by atoms with Crippen LogP contribution in [0.3, 0.4) is 0 Å². The van der Waals surface area contributed by atoms with E-state index < -0.39 is 0 Å². The van der Waals surface area contributed by atoms with Gasteiger partial charge in [-0.25, -0.2) is 0 Å². The van der Waals surface area contributed by atoms with Crippen LogP contribution in [-0.4, -0.2) is 19.7 Å². The van der Waals surface area contributed by atoms with E-state index in [9.17, 15) is 0 Å². The monoisotopic (exact) mass is 231 g/mol. The normalized spacial score (nSPS) is 29.8. The second-order valence-electron chi connectivity index (χ2n) is 5.36. The lowest BCUT2D eigenvalue weighted by atomic mass is 9.87. The van der Waals surface area contributed by atoms with Crippen LogP contribution >= 0.6 is 0 Å². The fourth-order valence-electron chi connectivity index (χ4n) is 3.22. The maximum absolute atomic E-state index is 5.75. The Kier molecular flexibility index (Phi) is 2.83. The van der Waals surface area contributed by atoms with Crippen molar-refractivity contribution in [1.29, 1.82) is 0 Å². The zero-order valence-corrected chi connectivity index (χ0v) is 10.5. The third-order valence-corrected chi connectivity index (χ3v) is 4.28. The largest absolute Gasteiger partial charge is 0.493 e. The molecule has 2 nitrogen and oxygen atoms in total. The topological polar surface area (TPSA) is 21.3 Å². The molecule has 0 radical (unpaired) electrons. The van der Waals surface area contributed by atoms with E-state index in [1.165, 1.54) is 31.4 Å². The molecular weight excluding hydrogens is 210 g/mol. The van der Waals surface area contributed by atoms with E-state index in [0.29, 0.717) is 5.41 Å². The number of rotatable bonds is 4. The van der Waals surface area contributed by atoms with Gasteiger partial charge in [0.1, 0.15) is 5.75 Å². The Bertz CT molecular complexity index is 404. The van der Waals surface area contributed by atoms with Crippen molar-refractivity contribution < 1.29 is 4.74 Å². The smallest absolute Gasteiger partial charge is 0.123 e. The van der Waals surface area contributed by atoms with Gasteiger partial charge in [0.15, 0.2) is 0 Å². The maximum Gasteiger partial charge on any atom is 0.123 e. The summed E-state index contributed by atoms with van der Waals surface area (Å²) in [7, 11) is 0. The van der Waals surface area contributed by atoms with Crippen LogP contribution in [0.2, 0.25) is 0 Å². The van der Waals surface area contributed by atoms with Gasteiger partial charge >= 0.3 is 0 Å². The first kappa shape index (κ1) is 11.1. The van der Waals surface area contributed by atoms with Crippen molar-refractivity contribution in [3.05, 3.63) is 29.8 Å². The highest BCUT2D eigenvalue weighted by atomic mass is 16.5. The number of nitrogens with one attached hydrogen (secondary N) is 1. The van der Waals surface area contributed by atoms with Gasteiger partial charge in [-0.2, -0.15) is 0 Å². The molecule has 1 aromatic rings. The number of hydrogen-bond donors (Lipinski definition) is 1. The summed E-state index contributed by atoms with van der Waals surface area (Å²) in [4.78, 5) is 0. The van der Waals surface area contributed by atoms with Gasteiger partial charge in [-0.05, 0) is 44.3 Å². The third kappa shape index (κ3) is 1.85. The molecule has 1 aromatic carbocycles. The second kappa shape index (κ2) is 4.34. The lowest BCUT2D eigenvalue weighted by Gasteiger charge is -2.27. The van der Waals surface area contributed by atoms with E-state index in [1.54, 1.807) is 0 Å². The van der Waals surface area contributed by atoms with Crippen molar-refractivity contribution >= 4 is 0 Å². The molecule has 1 fully saturated rings. The predicted octanol–water partition coefficient (Wildman–Crippen LogP) is 2.73. The molecule has 92 valence electrons. The van der Waals surface area contributed by atoms with E-state index in [0.717, 1.165) is 24.8 Å². The Morgan fingerprint density at radius 3 is 3.18 bits per heavy atom. The van der Waals surface area contributed by atoms with Crippen LogP contribution in [0.4, 0.5) is 0 Å². The SMILES string of the molecule is CCCNCC1CC12CCOc1ccccc12. The molecule has 1 spiro atoms. The lowest BCUT2D eigenvalue weighted by molar-refractivity contribution is 0.253. The Morgan fingerprint density at radius 2 is 2.29 bits per heavy atom. The fourth-order valence-corrected chi connectivity index (χ4v) is 3.22. The van der Waals surface area contributed by atoms with Crippen LogP contribution in [0.25, 0.3) is 0 Å². The standard InChI is InChI=1S/C15H21NO/c1-2-8-16-11-12-10-15(12)7-9-17-14-6-4-3-5-13(14)15/h3-6,12,16H,2,7-11H2,1H3. The molecule has 17 heavy (non-hydrogen) atoms. The Morgan fingerprint density at radius 1 is 1.41 bits per heavy atom. The molecule has 1 N–H and O–H groups in total. The number of ether oxygens (including phenoxy) is 1. The molecule has 1 saturated carbocycles. The summed E-state index contributed by atoms with van der Waals surface area (Å²) in [5.41, 5.74) is 1.89.